The van der Waals surface area contributed by atoms with Gasteiger partial charge in [-0.3, -0.25) is 9.59 Å². The van der Waals surface area contributed by atoms with Gasteiger partial charge in [-0.15, -0.1) is 11.3 Å². The molecule has 2 amide bonds. The zero-order valence-corrected chi connectivity index (χ0v) is 13.8. The summed E-state index contributed by atoms with van der Waals surface area (Å²) < 4.78 is 9.62. The number of hydrogen-bond acceptors (Lipinski definition) is 7. The van der Waals surface area contributed by atoms with Crippen molar-refractivity contribution >= 4 is 35.1 Å². The number of thiophene rings is 1. The van der Waals surface area contributed by atoms with Crippen LogP contribution in [-0.4, -0.2) is 48.4 Å². The highest BCUT2D eigenvalue weighted by atomic mass is 32.1. The molecule has 0 aliphatic carbocycles. The minimum Gasteiger partial charge on any atom is -0.452 e. The number of imide groups is 1. The summed E-state index contributed by atoms with van der Waals surface area (Å²) in [5.41, 5.74) is 0.265. The third-order valence-electron chi connectivity index (χ3n) is 3.53. The number of hydrogen-bond donors (Lipinski definition) is 0. The number of carbonyl (C=O) groups is 4. The lowest BCUT2D eigenvalue weighted by Crippen LogP contribution is -2.35. The maximum Gasteiger partial charge on any atom is 0.416 e. The van der Waals surface area contributed by atoms with E-state index < -0.39 is 24.6 Å². The summed E-state index contributed by atoms with van der Waals surface area (Å²) in [5, 5.41) is 1.77. The number of esters is 1. The van der Waals surface area contributed by atoms with E-state index in [1.807, 2.05) is 0 Å². The van der Waals surface area contributed by atoms with Gasteiger partial charge in [0.25, 0.3) is 5.91 Å². The van der Waals surface area contributed by atoms with Gasteiger partial charge in [0.2, 0.25) is 5.78 Å². The van der Waals surface area contributed by atoms with Gasteiger partial charge in [-0.05, 0) is 17.5 Å². The van der Waals surface area contributed by atoms with Crippen LogP contribution >= 0.6 is 11.3 Å². The molecule has 1 aromatic heterocycles. The third kappa shape index (κ3) is 3.58. The van der Waals surface area contributed by atoms with E-state index in [9.17, 15) is 19.2 Å². The number of rotatable bonds is 5. The molecule has 1 fully saturated rings. The van der Waals surface area contributed by atoms with Gasteiger partial charge in [-0.25, -0.2) is 14.5 Å². The molecule has 2 aromatic rings. The summed E-state index contributed by atoms with van der Waals surface area (Å²) in [4.78, 5) is 49.3. The molecule has 0 atom stereocenters. The monoisotopic (exact) mass is 359 g/mol. The fourth-order valence-electron chi connectivity index (χ4n) is 2.30. The van der Waals surface area contributed by atoms with E-state index in [2.05, 4.69) is 4.74 Å². The molecule has 128 valence electrons. The Morgan fingerprint density at radius 2 is 1.88 bits per heavy atom. The molecule has 0 unspecified atom stereocenters. The molecule has 25 heavy (non-hydrogen) atoms. The molecule has 1 saturated heterocycles. The smallest absolute Gasteiger partial charge is 0.416 e. The summed E-state index contributed by atoms with van der Waals surface area (Å²) in [7, 11) is 0. The van der Waals surface area contributed by atoms with Crippen LogP contribution in [-0.2, 0) is 14.3 Å². The van der Waals surface area contributed by atoms with Crippen LogP contribution in [0.1, 0.15) is 25.6 Å². The van der Waals surface area contributed by atoms with Gasteiger partial charge in [0.05, 0.1) is 17.0 Å². The van der Waals surface area contributed by atoms with Gasteiger partial charge in [0, 0.05) is 5.56 Å². The van der Waals surface area contributed by atoms with Crippen molar-refractivity contribution in [3.05, 3.63) is 57.8 Å². The Morgan fingerprint density at radius 1 is 1.12 bits per heavy atom. The highest BCUT2D eigenvalue weighted by molar-refractivity contribution is 7.12. The Labute approximate surface area is 146 Å². The van der Waals surface area contributed by atoms with Gasteiger partial charge in [-0.2, -0.15) is 0 Å². The Hall–Kier alpha value is -3.00. The lowest BCUT2D eigenvalue weighted by molar-refractivity contribution is -0.131. The van der Waals surface area contributed by atoms with Crippen LogP contribution in [0.3, 0.4) is 0 Å². The maximum absolute atomic E-state index is 12.5. The van der Waals surface area contributed by atoms with Gasteiger partial charge < -0.3 is 9.47 Å². The first-order valence-corrected chi connectivity index (χ1v) is 8.27. The molecule has 0 N–H and O–H groups in total. The van der Waals surface area contributed by atoms with Crippen molar-refractivity contribution in [1.82, 2.24) is 4.90 Å². The first kappa shape index (κ1) is 16.8. The number of carbonyl (C=O) groups excluding carboxylic acids is 4. The molecule has 3 rings (SSSR count). The first-order chi connectivity index (χ1) is 12.1. The van der Waals surface area contributed by atoms with Crippen molar-refractivity contribution in [1.29, 1.82) is 0 Å². The molecule has 0 saturated carbocycles. The lowest BCUT2D eigenvalue weighted by Gasteiger charge is -2.12. The van der Waals surface area contributed by atoms with E-state index in [0.717, 1.165) is 4.90 Å². The van der Waals surface area contributed by atoms with Gasteiger partial charge >= 0.3 is 12.1 Å². The van der Waals surface area contributed by atoms with E-state index >= 15 is 0 Å². The Kier molecular flexibility index (Phi) is 4.90. The average molecular weight is 359 g/mol. The topological polar surface area (TPSA) is 90.0 Å². The minimum atomic E-state index is -0.804. The molecule has 7 nitrogen and oxygen atoms in total. The van der Waals surface area contributed by atoms with Crippen LogP contribution in [0.25, 0.3) is 0 Å². The van der Waals surface area contributed by atoms with Crippen molar-refractivity contribution in [3.63, 3.8) is 0 Å². The number of cyclic esters (lactones) is 1. The van der Waals surface area contributed by atoms with Crippen molar-refractivity contribution in [3.8, 4) is 0 Å². The number of nitrogens with zero attached hydrogens (tertiary/aromatic N) is 1. The van der Waals surface area contributed by atoms with Crippen LogP contribution in [0, 0.1) is 0 Å². The zero-order chi connectivity index (χ0) is 17.8. The number of amides is 2. The van der Waals surface area contributed by atoms with E-state index in [4.69, 9.17) is 4.74 Å². The number of ketones is 1. The van der Waals surface area contributed by atoms with E-state index in [-0.39, 0.29) is 30.1 Å². The maximum atomic E-state index is 12.5. The fraction of sp³-hybridized carbons (Fsp3) is 0.176. The first-order valence-electron chi connectivity index (χ1n) is 7.39. The molecule has 0 spiro atoms. The second-order valence-electron chi connectivity index (χ2n) is 5.09. The van der Waals surface area contributed by atoms with E-state index in [1.165, 1.54) is 23.5 Å². The molecule has 0 bridgehead atoms. The summed E-state index contributed by atoms with van der Waals surface area (Å²) in [6, 6.07) is 9.63. The molecule has 1 aliphatic heterocycles. The largest absolute Gasteiger partial charge is 0.452 e. The van der Waals surface area contributed by atoms with Gasteiger partial charge in [-0.1, -0.05) is 24.3 Å². The summed E-state index contributed by atoms with van der Waals surface area (Å²) in [6.45, 7) is -0.352. The van der Waals surface area contributed by atoms with Crippen molar-refractivity contribution < 1.29 is 28.7 Å². The number of ether oxygens (including phenoxy) is 2. The van der Waals surface area contributed by atoms with Crippen molar-refractivity contribution in [2.24, 2.45) is 0 Å². The molecule has 0 radical (unpaired) electrons. The summed E-state index contributed by atoms with van der Waals surface area (Å²) >= 11 is 1.27. The summed E-state index contributed by atoms with van der Waals surface area (Å²) in [6.07, 6.45) is -0.755. The SMILES string of the molecule is O=C(OCC(=O)N1CCOC1=O)c1ccccc1C(=O)c1cccs1. The van der Waals surface area contributed by atoms with Crippen LogP contribution < -0.4 is 0 Å². The predicted octanol–water partition coefficient (Wildman–Crippen LogP) is 2.11. The highest BCUT2D eigenvalue weighted by Gasteiger charge is 2.29. The minimum absolute atomic E-state index is 0.0673. The Bertz CT molecular complexity index is 829. The molecule has 1 aliphatic rings. The second-order valence-corrected chi connectivity index (χ2v) is 6.04. The predicted molar refractivity (Wildman–Crippen MR) is 87.5 cm³/mol. The molecule has 2 heterocycles. The standard InChI is InChI=1S/C17H13NO6S/c19-14(18-7-8-23-17(18)22)10-24-16(21)12-5-2-1-4-11(12)15(20)13-6-3-9-25-13/h1-6,9H,7-8,10H2. The Morgan fingerprint density at radius 3 is 2.52 bits per heavy atom. The van der Waals surface area contributed by atoms with Gasteiger partial charge in [0.1, 0.15) is 6.61 Å². The normalized spacial score (nSPS) is 13.4. The van der Waals surface area contributed by atoms with E-state index in [1.54, 1.807) is 29.6 Å². The molecular formula is C17H13NO6S. The molecular weight excluding hydrogens is 346 g/mol. The fourth-order valence-corrected chi connectivity index (χ4v) is 2.98. The highest BCUT2D eigenvalue weighted by Crippen LogP contribution is 2.19. The van der Waals surface area contributed by atoms with Crippen molar-refractivity contribution in [2.45, 2.75) is 0 Å². The lowest BCUT2D eigenvalue weighted by atomic mass is 10.0. The Balaban J connectivity index is 1.71. The summed E-state index contributed by atoms with van der Waals surface area (Å²) in [5.74, 6) is -1.77. The van der Waals surface area contributed by atoms with Crippen LogP contribution in [0.5, 0.6) is 0 Å². The van der Waals surface area contributed by atoms with Crippen LogP contribution in [0.4, 0.5) is 4.79 Å². The number of benzene rings is 1. The van der Waals surface area contributed by atoms with Crippen LogP contribution in [0.2, 0.25) is 0 Å². The van der Waals surface area contributed by atoms with Crippen molar-refractivity contribution in [2.75, 3.05) is 19.8 Å². The molecule has 8 heteroatoms. The quantitative estimate of drug-likeness (QED) is 0.600. The van der Waals surface area contributed by atoms with Crippen LogP contribution in [0.15, 0.2) is 41.8 Å². The third-order valence-corrected chi connectivity index (χ3v) is 4.39. The second kappa shape index (κ2) is 7.27. The zero-order valence-electron chi connectivity index (χ0n) is 13.0. The van der Waals surface area contributed by atoms with E-state index in [0.29, 0.717) is 4.88 Å². The average Bonchev–Trinajstić information content (AvgIpc) is 3.30. The molecule has 1 aromatic carbocycles. The van der Waals surface area contributed by atoms with Gasteiger partial charge in [0.15, 0.2) is 6.61 Å².